The lowest BCUT2D eigenvalue weighted by atomic mass is 9.71. The van der Waals surface area contributed by atoms with Gasteiger partial charge in [-0.15, -0.1) is 0 Å². The summed E-state index contributed by atoms with van der Waals surface area (Å²) in [6.45, 7) is 31.6. The second kappa shape index (κ2) is 45.2. The fraction of sp³-hybridized carbons (Fsp3) is 0.712. The maximum Gasteiger partial charge on any atom is 0.436 e. The summed E-state index contributed by atoms with van der Waals surface area (Å²) in [5.41, 5.74) is 4.54. The van der Waals surface area contributed by atoms with Crippen LogP contribution >= 0.6 is 0 Å². The normalized spacial score (nSPS) is 45.3. The van der Waals surface area contributed by atoms with Gasteiger partial charge in [0, 0.05) is 110 Å². The number of ether oxygens (including phenoxy) is 22. The minimum absolute atomic E-state index is 0.000904. The Morgan fingerprint density at radius 2 is 0.833 bits per heavy atom. The lowest BCUT2D eigenvalue weighted by molar-refractivity contribution is -0.323. The van der Waals surface area contributed by atoms with E-state index in [1.807, 2.05) is 78.0 Å². The monoisotopic (exact) mass is 1940 g/mol. The molecule has 14 aliphatic rings. The van der Waals surface area contributed by atoms with Crippen molar-refractivity contribution in [3.05, 3.63) is 143 Å². The molecule has 138 heavy (non-hydrogen) atoms. The SMILES string of the molecule is CC[C@H](C)[C@H]1O[C@]2(C=C[C@@H]1C)CC1C[C@@H](C/C=C(\C)[C@@H](O[C@H]3C[C@H](OC)[C@@H](O[C@H]4C[C@H](OC)[C@@H](ONC(=O)Oc5cccc(OC(=O)NO[C@H]6[C@H](C)O[C@@H](OC7[C@H](C)O[C@@H](OC8/C(C)=C/C[C@@H]9C[C@@H](C[C@]%10(C=C[C@H](C)[C@@H]([C@@H](C)CC)O%10)O9)OC(=O)[C@@H]9C=C(C)[C@@H](O)[C@H]%10OC/C(=C\C=C\[C@@H]8C)[C@]%109O)C[C@@H]7OC)C[C@@H]6OC)c5)[C@H](C)O4)[C@H](C)O3)[C@@H](C)/C=C/C=C3\CO[C@@H]4[C@H](O)C(C)=C[C@@H](C(=O)O1)[C@]34O)O2. The van der Waals surface area contributed by atoms with E-state index in [1.54, 1.807) is 66.2 Å². The number of allylic oxidation sites excluding steroid dienone is 4. The Balaban J connectivity index is 0.523. The molecular weight excluding hydrogens is 1790 g/mol. The number of carbonyl (C=O) groups excluding carboxylic acids is 4. The summed E-state index contributed by atoms with van der Waals surface area (Å²) in [7, 11) is 6.25. The maximum atomic E-state index is 14.6. The van der Waals surface area contributed by atoms with Crippen LogP contribution in [0.15, 0.2) is 143 Å². The van der Waals surface area contributed by atoms with Gasteiger partial charge in [0.05, 0.1) is 98.7 Å². The zero-order chi connectivity index (χ0) is 98.7. The summed E-state index contributed by atoms with van der Waals surface area (Å²) in [5, 5.41) is 48.3. The molecule has 0 saturated carbocycles. The first-order chi connectivity index (χ1) is 65.9. The van der Waals surface area contributed by atoms with Gasteiger partial charge in [0.2, 0.25) is 0 Å². The van der Waals surface area contributed by atoms with Gasteiger partial charge in [-0.25, -0.2) is 9.59 Å². The van der Waals surface area contributed by atoms with E-state index >= 15 is 0 Å². The van der Waals surface area contributed by atoms with Gasteiger partial charge in [-0.3, -0.25) is 19.3 Å². The average Bonchev–Trinajstić information content (AvgIpc) is 1.70. The van der Waals surface area contributed by atoms with Crippen molar-refractivity contribution in [2.75, 3.05) is 41.7 Å². The Kier molecular flexibility index (Phi) is 34.5. The highest BCUT2D eigenvalue weighted by molar-refractivity contribution is 5.80. The highest BCUT2D eigenvalue weighted by atomic mass is 16.8. The molecule has 1 aromatic rings. The summed E-state index contributed by atoms with van der Waals surface area (Å²) in [6, 6.07) is 5.82. The van der Waals surface area contributed by atoms with Crippen LogP contribution < -0.4 is 20.4 Å². The van der Waals surface area contributed by atoms with Gasteiger partial charge in [0.1, 0.15) is 95.6 Å². The van der Waals surface area contributed by atoms with Crippen molar-refractivity contribution in [2.24, 2.45) is 47.3 Å². The number of benzene rings is 1. The van der Waals surface area contributed by atoms with Crippen molar-refractivity contribution >= 4 is 24.1 Å². The summed E-state index contributed by atoms with van der Waals surface area (Å²) in [6.07, 6.45) is 9.99. The molecule has 0 aromatic heterocycles. The number of esters is 2. The Morgan fingerprint density at radius 1 is 0.471 bits per heavy atom. The molecule has 0 radical (unpaired) electrons. The number of aliphatic hydroxyl groups excluding tert-OH is 2. The number of hydrogen-bond donors (Lipinski definition) is 6. The van der Waals surface area contributed by atoms with E-state index in [4.69, 9.17) is 114 Å². The van der Waals surface area contributed by atoms with E-state index in [0.717, 1.165) is 24.0 Å². The number of hydroxylamine groups is 2. The van der Waals surface area contributed by atoms with E-state index < -0.39 is 218 Å². The molecule has 34 nitrogen and oxygen atoms in total. The summed E-state index contributed by atoms with van der Waals surface area (Å²) in [5.74, 6) is -5.89. The van der Waals surface area contributed by atoms with Crippen LogP contribution in [0.25, 0.3) is 0 Å². The molecule has 6 N–H and O–H groups in total. The van der Waals surface area contributed by atoms with Gasteiger partial charge in [-0.1, -0.05) is 147 Å². The van der Waals surface area contributed by atoms with Crippen molar-refractivity contribution in [1.29, 1.82) is 0 Å². The van der Waals surface area contributed by atoms with Gasteiger partial charge in [-0.05, 0) is 138 Å². The predicted molar refractivity (Wildman–Crippen MR) is 497 cm³/mol. The van der Waals surface area contributed by atoms with Gasteiger partial charge >= 0.3 is 24.1 Å². The highest BCUT2D eigenvalue weighted by Gasteiger charge is 2.63. The second-order valence-corrected chi connectivity index (χ2v) is 40.6. The quantitative estimate of drug-likeness (QED) is 0.0357. The third kappa shape index (κ3) is 23.1. The van der Waals surface area contributed by atoms with E-state index in [2.05, 4.69) is 76.8 Å². The van der Waals surface area contributed by atoms with Gasteiger partial charge in [0.15, 0.2) is 36.7 Å². The fourth-order valence-electron chi connectivity index (χ4n) is 22.5. The number of fused-ring (bicyclic) bond motifs is 4. The fourth-order valence-corrected chi connectivity index (χ4v) is 22.5. The number of rotatable bonds is 22. The van der Waals surface area contributed by atoms with Gasteiger partial charge < -0.3 is 125 Å². The Hall–Kier alpha value is -6.86. The van der Waals surface area contributed by atoms with Crippen molar-refractivity contribution in [3.63, 3.8) is 0 Å². The summed E-state index contributed by atoms with van der Waals surface area (Å²) >= 11 is 0. The zero-order valence-electron chi connectivity index (χ0n) is 83.3. The number of aliphatic hydroxyl groups is 4. The molecule has 15 rings (SSSR count). The van der Waals surface area contributed by atoms with Crippen molar-refractivity contribution in [2.45, 2.75) is 382 Å². The molecule has 12 aliphatic heterocycles. The minimum atomic E-state index is -1.91. The molecule has 2 amide bonds. The molecule has 766 valence electrons. The van der Waals surface area contributed by atoms with Crippen LogP contribution in [-0.4, -0.2) is 281 Å². The van der Waals surface area contributed by atoms with E-state index in [-0.39, 0.29) is 111 Å². The number of amides is 2. The van der Waals surface area contributed by atoms with E-state index in [9.17, 15) is 39.6 Å². The van der Waals surface area contributed by atoms with Crippen LogP contribution in [0.5, 0.6) is 11.5 Å². The van der Waals surface area contributed by atoms with Gasteiger partial charge in [0.25, 0.3) is 0 Å². The third-order valence-corrected chi connectivity index (χ3v) is 30.7. The molecule has 34 heteroatoms. The minimum Gasteiger partial charge on any atom is -0.462 e. The highest BCUT2D eigenvalue weighted by Crippen LogP contribution is 2.51. The molecule has 8 saturated heterocycles. The molecule has 12 heterocycles. The lowest BCUT2D eigenvalue weighted by Crippen LogP contribution is -2.58. The predicted octanol–water partition coefficient (Wildman–Crippen LogP) is 12.5. The van der Waals surface area contributed by atoms with Crippen molar-refractivity contribution in [1.82, 2.24) is 11.0 Å². The Morgan fingerprint density at radius 3 is 1.20 bits per heavy atom. The molecule has 40 atom stereocenters. The van der Waals surface area contributed by atoms with Crippen LogP contribution in [0.4, 0.5) is 9.59 Å². The molecular formula is C104H148N2O32. The van der Waals surface area contributed by atoms with Crippen LogP contribution in [0.2, 0.25) is 0 Å². The molecule has 1 aromatic carbocycles. The Bertz CT molecular complexity index is 4420. The number of hydrogen-bond acceptors (Lipinski definition) is 32. The summed E-state index contributed by atoms with van der Waals surface area (Å²) < 4.78 is 142. The average molecular weight is 1940 g/mol. The molecule has 2 aliphatic carbocycles. The first kappa shape index (κ1) is 105. The van der Waals surface area contributed by atoms with Gasteiger partial charge in [-0.2, -0.15) is 11.0 Å². The lowest BCUT2D eigenvalue weighted by Gasteiger charge is -2.48. The number of carbonyl (C=O) groups is 4. The second-order valence-electron chi connectivity index (χ2n) is 40.6. The van der Waals surface area contributed by atoms with Crippen LogP contribution in [-0.2, 0) is 114 Å². The molecule has 4 bridgehead atoms. The number of nitrogens with one attached hydrogen (secondary N) is 2. The summed E-state index contributed by atoms with van der Waals surface area (Å²) in [4.78, 5) is 68.1. The number of methoxy groups -OCH3 is 4. The van der Waals surface area contributed by atoms with Crippen molar-refractivity contribution in [3.8, 4) is 11.5 Å². The maximum absolute atomic E-state index is 14.6. The smallest absolute Gasteiger partial charge is 0.436 e. The molecule has 8 fully saturated rings. The van der Waals surface area contributed by atoms with E-state index in [0.29, 0.717) is 48.0 Å². The largest absolute Gasteiger partial charge is 0.462 e. The third-order valence-electron chi connectivity index (χ3n) is 30.7. The van der Waals surface area contributed by atoms with Crippen LogP contribution in [0.1, 0.15) is 188 Å². The standard InChI is InChI=1S/C104H148N2O32/c1-21-53(3)89-59(9)36-38-101(135-89)49-73-43-71(133-101)34-32-57(7)87(55(5)26-23-28-67-51-119-95-85(107)61(11)40-75(97(109)125-73)103(67,95)113)129-81-45-77(115-17)91(63(13)121-81)131-83-47-79(117-19)93(65(15)123-83)137-105-99(111)127-69-30-25-31-70(42-69)128-100(112)106-138-94-66(16)124-84(48-80(94)118-20)132-92-64(14)122-82(46-78(92)116-18)130-88-56(6)27-24-29-68-52-120-96-86(108)62(12)41-76(104(68,96)114)98(110)126-74-44-72(35-33-58(88)8)134-102(50-74)39-37-60(10)90(136-102)54(4)22-2/h23-33,36-42,53-56,59-60,63-66,71-96,107-108,113-114H,21-22,34-35,43-52H2,1-20H3,(H,105,111)(H,106,112)/b26-23+,27-24+,57-32+,58-33+,67-28+,68-29+/t53-,54-,55-,56-,59-,60-,63-,64-,65-,66-,71+,72+,73-,74?,75-,76-,77-,78-,79-,80-,81-,82-,83-,84-,85+,86+,87?,88-,89+,90+,91?,92-,93-,94-,95+,96+,101+,102+,103+,104+/m0/s1. The first-order valence-corrected chi connectivity index (χ1v) is 49.6. The topological polar surface area (TPSA) is 395 Å². The molecule has 2 spiro atoms. The molecule has 3 unspecified atom stereocenters. The van der Waals surface area contributed by atoms with Crippen molar-refractivity contribution < 1.29 is 153 Å². The van der Waals surface area contributed by atoms with Crippen LogP contribution in [0.3, 0.4) is 0 Å². The van der Waals surface area contributed by atoms with Crippen LogP contribution in [0, 0.1) is 47.3 Å². The van der Waals surface area contributed by atoms with E-state index in [1.165, 1.54) is 38.5 Å². The Labute approximate surface area is 810 Å². The first-order valence-electron chi connectivity index (χ1n) is 49.6. The zero-order valence-corrected chi connectivity index (χ0v) is 83.3.